The quantitative estimate of drug-likeness (QED) is 0.479. The number of anilines is 1. The lowest BCUT2D eigenvalue weighted by atomic mass is 10.1. The molecule has 2 N–H and O–H groups in total. The molecule has 19 heavy (non-hydrogen) atoms. The molecule has 0 spiro atoms. The van der Waals surface area contributed by atoms with Gasteiger partial charge in [-0.05, 0) is 6.42 Å². The van der Waals surface area contributed by atoms with Crippen molar-refractivity contribution in [3.05, 3.63) is 17.7 Å². The molecule has 0 atom stereocenters. The molecular formula is C13H17NO5. The highest BCUT2D eigenvalue weighted by molar-refractivity contribution is 5.96. The number of hydrogen-bond donors (Lipinski definition) is 1. The minimum Gasteiger partial charge on any atom is -0.460 e. The molecule has 0 bridgehead atoms. The van der Waals surface area contributed by atoms with E-state index in [1.807, 2.05) is 6.92 Å². The Kier molecular flexibility index (Phi) is 4.46. The highest BCUT2D eigenvalue weighted by Gasteiger charge is 2.20. The van der Waals surface area contributed by atoms with Crippen LogP contribution in [0.3, 0.4) is 0 Å². The fourth-order valence-electron chi connectivity index (χ4n) is 1.65. The Morgan fingerprint density at radius 2 is 2.00 bits per heavy atom. The number of nitrogen functional groups attached to an aromatic ring is 1. The lowest BCUT2D eigenvalue weighted by Crippen LogP contribution is -2.12. The van der Waals surface area contributed by atoms with E-state index in [2.05, 4.69) is 0 Å². The topological polar surface area (TPSA) is 80.0 Å². The van der Waals surface area contributed by atoms with Gasteiger partial charge in [-0.15, -0.1) is 0 Å². The zero-order valence-electron chi connectivity index (χ0n) is 10.8. The summed E-state index contributed by atoms with van der Waals surface area (Å²) in [4.78, 5) is 11.8. The zero-order chi connectivity index (χ0) is 13.7. The van der Waals surface area contributed by atoms with Crippen LogP contribution in [0.4, 0.5) is 5.69 Å². The molecule has 1 aliphatic heterocycles. The van der Waals surface area contributed by atoms with Crippen molar-refractivity contribution >= 4 is 11.7 Å². The molecule has 1 heterocycles. The molecule has 0 amide bonds. The highest BCUT2D eigenvalue weighted by Crippen LogP contribution is 2.36. The first kappa shape index (κ1) is 13.5. The average molecular weight is 267 g/mol. The maximum atomic E-state index is 11.8. The van der Waals surface area contributed by atoms with Crippen molar-refractivity contribution in [3.8, 4) is 11.5 Å². The first-order valence-electron chi connectivity index (χ1n) is 6.16. The Morgan fingerprint density at radius 3 is 2.74 bits per heavy atom. The number of carbonyl (C=O) groups is 1. The first-order chi connectivity index (χ1) is 9.22. The van der Waals surface area contributed by atoms with Crippen LogP contribution < -0.4 is 15.2 Å². The molecule has 1 aliphatic rings. The standard InChI is InChI=1S/C13H17NO5/c1-2-3-16-4-5-17-13(15)9-6-11-12(7-10(9)14)19-8-18-11/h6-7H,2-5,8,14H2,1H3. The fourth-order valence-corrected chi connectivity index (χ4v) is 1.65. The Labute approximate surface area is 111 Å². The molecule has 6 heteroatoms. The molecule has 104 valence electrons. The van der Waals surface area contributed by atoms with E-state index in [-0.39, 0.29) is 19.0 Å². The van der Waals surface area contributed by atoms with Crippen LogP contribution in [0.1, 0.15) is 23.7 Å². The number of nitrogens with two attached hydrogens (primary N) is 1. The van der Waals surface area contributed by atoms with E-state index < -0.39 is 5.97 Å². The van der Waals surface area contributed by atoms with Gasteiger partial charge in [-0.2, -0.15) is 0 Å². The van der Waals surface area contributed by atoms with Crippen LogP contribution in [0.5, 0.6) is 11.5 Å². The van der Waals surface area contributed by atoms with Gasteiger partial charge in [-0.3, -0.25) is 0 Å². The van der Waals surface area contributed by atoms with E-state index in [0.29, 0.717) is 30.4 Å². The SMILES string of the molecule is CCCOCCOC(=O)c1cc2c(cc1N)OCO2. The normalized spacial score (nSPS) is 12.5. The minimum atomic E-state index is -0.490. The van der Waals surface area contributed by atoms with E-state index in [9.17, 15) is 4.79 Å². The van der Waals surface area contributed by atoms with E-state index in [1.54, 1.807) is 6.07 Å². The lowest BCUT2D eigenvalue weighted by molar-refractivity contribution is 0.0319. The van der Waals surface area contributed by atoms with Crippen molar-refractivity contribution < 1.29 is 23.7 Å². The van der Waals surface area contributed by atoms with Crippen molar-refractivity contribution in [3.63, 3.8) is 0 Å². The summed E-state index contributed by atoms with van der Waals surface area (Å²) in [5, 5.41) is 0. The van der Waals surface area contributed by atoms with Gasteiger partial charge in [0.15, 0.2) is 11.5 Å². The average Bonchev–Trinajstić information content (AvgIpc) is 2.84. The molecule has 0 aliphatic carbocycles. The van der Waals surface area contributed by atoms with E-state index >= 15 is 0 Å². The maximum absolute atomic E-state index is 11.8. The van der Waals surface area contributed by atoms with Crippen LogP contribution in [0, 0.1) is 0 Å². The monoisotopic (exact) mass is 267 g/mol. The fraction of sp³-hybridized carbons (Fsp3) is 0.462. The molecule has 0 fully saturated rings. The van der Waals surface area contributed by atoms with Crippen molar-refractivity contribution in [1.82, 2.24) is 0 Å². The van der Waals surface area contributed by atoms with Crippen LogP contribution in [0.15, 0.2) is 12.1 Å². The van der Waals surface area contributed by atoms with Crippen LogP contribution in [0.25, 0.3) is 0 Å². The second-order valence-electron chi connectivity index (χ2n) is 4.04. The summed E-state index contributed by atoms with van der Waals surface area (Å²) in [6.45, 7) is 3.39. The highest BCUT2D eigenvalue weighted by atomic mass is 16.7. The van der Waals surface area contributed by atoms with Crippen LogP contribution in [0.2, 0.25) is 0 Å². The van der Waals surface area contributed by atoms with Crippen LogP contribution >= 0.6 is 0 Å². The summed E-state index contributed by atoms with van der Waals surface area (Å²) in [6, 6.07) is 3.10. The molecule has 0 radical (unpaired) electrons. The van der Waals surface area contributed by atoms with Gasteiger partial charge in [0, 0.05) is 18.7 Å². The van der Waals surface area contributed by atoms with E-state index in [0.717, 1.165) is 6.42 Å². The third-order valence-corrected chi connectivity index (χ3v) is 2.57. The number of carbonyl (C=O) groups excluding carboxylic acids is 1. The molecule has 1 aromatic rings. The van der Waals surface area contributed by atoms with Crippen LogP contribution in [-0.4, -0.2) is 32.6 Å². The molecule has 0 unspecified atom stereocenters. The van der Waals surface area contributed by atoms with Crippen molar-refractivity contribution in [1.29, 1.82) is 0 Å². The first-order valence-corrected chi connectivity index (χ1v) is 6.16. The zero-order valence-corrected chi connectivity index (χ0v) is 10.8. The molecule has 1 aromatic carbocycles. The number of ether oxygens (including phenoxy) is 4. The van der Waals surface area contributed by atoms with Gasteiger partial charge >= 0.3 is 5.97 Å². The Hall–Kier alpha value is -1.95. The Bertz CT molecular complexity index is 461. The molecule has 0 saturated heterocycles. The largest absolute Gasteiger partial charge is 0.460 e. The summed E-state index contributed by atoms with van der Waals surface area (Å²) in [7, 11) is 0. The summed E-state index contributed by atoms with van der Waals surface area (Å²) in [5.74, 6) is 0.555. The number of hydrogen-bond acceptors (Lipinski definition) is 6. The summed E-state index contributed by atoms with van der Waals surface area (Å²) in [6.07, 6.45) is 0.934. The Balaban J connectivity index is 1.92. The number of esters is 1. The van der Waals surface area contributed by atoms with E-state index in [4.69, 9.17) is 24.7 Å². The van der Waals surface area contributed by atoms with Gasteiger partial charge in [-0.1, -0.05) is 6.92 Å². The maximum Gasteiger partial charge on any atom is 0.340 e. The van der Waals surface area contributed by atoms with Gasteiger partial charge in [0.2, 0.25) is 6.79 Å². The van der Waals surface area contributed by atoms with Crippen molar-refractivity contribution in [2.45, 2.75) is 13.3 Å². The predicted molar refractivity (Wildman–Crippen MR) is 68.4 cm³/mol. The summed E-state index contributed by atoms with van der Waals surface area (Å²) in [5.41, 5.74) is 6.37. The number of benzene rings is 1. The third kappa shape index (κ3) is 3.29. The van der Waals surface area contributed by atoms with Crippen LogP contribution in [-0.2, 0) is 9.47 Å². The number of fused-ring (bicyclic) bond motifs is 1. The third-order valence-electron chi connectivity index (χ3n) is 2.57. The second kappa shape index (κ2) is 6.29. The van der Waals surface area contributed by atoms with Crippen molar-refractivity contribution in [2.24, 2.45) is 0 Å². The van der Waals surface area contributed by atoms with Crippen molar-refractivity contribution in [2.75, 3.05) is 32.3 Å². The van der Waals surface area contributed by atoms with Gasteiger partial charge < -0.3 is 24.7 Å². The molecule has 6 nitrogen and oxygen atoms in total. The number of rotatable bonds is 6. The minimum absolute atomic E-state index is 0.137. The molecule has 0 aromatic heterocycles. The van der Waals surface area contributed by atoms with Gasteiger partial charge in [0.1, 0.15) is 6.61 Å². The predicted octanol–water partition coefficient (Wildman–Crippen LogP) is 1.58. The summed E-state index contributed by atoms with van der Waals surface area (Å²) < 4.78 is 20.7. The molecule has 2 rings (SSSR count). The molecule has 0 saturated carbocycles. The second-order valence-corrected chi connectivity index (χ2v) is 4.04. The molecular weight excluding hydrogens is 250 g/mol. The Morgan fingerprint density at radius 1 is 1.26 bits per heavy atom. The van der Waals surface area contributed by atoms with E-state index in [1.165, 1.54) is 6.07 Å². The lowest BCUT2D eigenvalue weighted by Gasteiger charge is -2.08. The van der Waals surface area contributed by atoms with Gasteiger partial charge in [0.25, 0.3) is 0 Å². The van der Waals surface area contributed by atoms with Gasteiger partial charge in [-0.25, -0.2) is 4.79 Å². The summed E-state index contributed by atoms with van der Waals surface area (Å²) >= 11 is 0. The smallest absolute Gasteiger partial charge is 0.340 e. The van der Waals surface area contributed by atoms with Gasteiger partial charge in [0.05, 0.1) is 17.9 Å².